The average Bonchev–Trinajstić information content (AvgIpc) is 3.21. The zero-order valence-corrected chi connectivity index (χ0v) is 20.2. The largest absolute Gasteiger partial charge is 0.361 e. The van der Waals surface area contributed by atoms with Gasteiger partial charge >= 0.3 is 0 Å². The Labute approximate surface area is 197 Å². The van der Waals surface area contributed by atoms with Crippen LogP contribution in [0.4, 0.5) is 0 Å². The van der Waals surface area contributed by atoms with Crippen LogP contribution in [0.25, 0.3) is 17.0 Å². The Morgan fingerprint density at radius 2 is 2.00 bits per heavy atom. The van der Waals surface area contributed by atoms with Crippen LogP contribution in [0.5, 0.6) is 0 Å². The van der Waals surface area contributed by atoms with Crippen molar-refractivity contribution in [2.45, 2.75) is 51.0 Å². The van der Waals surface area contributed by atoms with Gasteiger partial charge in [-0.1, -0.05) is 57.2 Å². The summed E-state index contributed by atoms with van der Waals surface area (Å²) in [5.74, 6) is 0.926. The molecule has 3 aromatic rings. The van der Waals surface area contributed by atoms with E-state index >= 15 is 0 Å². The Hall–Kier alpha value is -2.85. The summed E-state index contributed by atoms with van der Waals surface area (Å²) >= 11 is 0. The lowest BCUT2D eigenvalue weighted by Gasteiger charge is -2.46. The zero-order valence-electron chi connectivity index (χ0n) is 20.2. The van der Waals surface area contributed by atoms with Crippen molar-refractivity contribution in [2.75, 3.05) is 20.1 Å². The normalized spacial score (nSPS) is 23.1. The highest BCUT2D eigenvalue weighted by Gasteiger charge is 2.40. The second-order valence-corrected chi connectivity index (χ2v) is 11.0. The zero-order chi connectivity index (χ0) is 23.2. The molecule has 1 aliphatic carbocycles. The first-order valence-corrected chi connectivity index (χ1v) is 12.1. The van der Waals surface area contributed by atoms with E-state index < -0.39 is 0 Å². The predicted octanol–water partition coefficient (Wildman–Crippen LogP) is 5.26. The number of hydrogen-bond acceptors (Lipinski definition) is 2. The van der Waals surface area contributed by atoms with Crippen LogP contribution < -0.4 is 5.32 Å². The number of carbonyl (C=O) groups is 1. The van der Waals surface area contributed by atoms with Crippen LogP contribution in [0.15, 0.2) is 54.7 Å². The number of nitrogens with zero attached hydrogens (tertiary/aromatic N) is 1. The standard InChI is InChI=1S/C29H35N3O/c1-29(2,3)22-14-24-23-12-20(16-31-27(33)11-10-19-8-6-5-7-9-19)18-32(4)26(23)13-21-17-30-25(15-22)28(21)24/h5-11,14-15,17,20,23,26,30H,12-13,16,18H2,1-4H3,(H,31,33)/t20-,23?,26+/m0/s1. The van der Waals surface area contributed by atoms with Gasteiger partial charge in [-0.3, -0.25) is 4.79 Å². The quantitative estimate of drug-likeness (QED) is 0.543. The minimum absolute atomic E-state index is 0.0164. The lowest BCUT2D eigenvalue weighted by atomic mass is 9.71. The van der Waals surface area contributed by atoms with E-state index in [1.807, 2.05) is 36.4 Å². The Morgan fingerprint density at radius 1 is 1.21 bits per heavy atom. The third-order valence-corrected chi connectivity index (χ3v) is 7.54. The van der Waals surface area contributed by atoms with Crippen molar-refractivity contribution in [1.82, 2.24) is 15.2 Å². The third-order valence-electron chi connectivity index (χ3n) is 7.54. The molecule has 0 spiro atoms. The summed E-state index contributed by atoms with van der Waals surface area (Å²) in [4.78, 5) is 18.5. The molecule has 0 bridgehead atoms. The molecule has 1 aliphatic heterocycles. The summed E-state index contributed by atoms with van der Waals surface area (Å²) in [6.45, 7) is 8.61. The molecule has 4 nitrogen and oxygen atoms in total. The van der Waals surface area contributed by atoms with Crippen molar-refractivity contribution in [3.05, 3.63) is 77.0 Å². The number of amides is 1. The van der Waals surface area contributed by atoms with E-state index in [4.69, 9.17) is 0 Å². The maximum absolute atomic E-state index is 12.4. The molecule has 1 unspecified atom stereocenters. The number of likely N-dealkylation sites (tertiary alicyclic amines) is 1. The first-order valence-electron chi connectivity index (χ1n) is 12.1. The molecule has 1 aromatic heterocycles. The van der Waals surface area contributed by atoms with Crippen molar-refractivity contribution in [3.8, 4) is 0 Å². The van der Waals surface area contributed by atoms with Gasteiger partial charge in [-0.25, -0.2) is 0 Å². The predicted molar refractivity (Wildman–Crippen MR) is 136 cm³/mol. The highest BCUT2D eigenvalue weighted by molar-refractivity contribution is 5.91. The summed E-state index contributed by atoms with van der Waals surface area (Å²) in [6, 6.07) is 15.3. The number of H-pyrrole nitrogens is 1. The second-order valence-electron chi connectivity index (χ2n) is 11.0. The van der Waals surface area contributed by atoms with Crippen molar-refractivity contribution < 1.29 is 4.79 Å². The number of likely N-dealkylation sites (N-methyl/N-ethyl adjacent to an activating group) is 1. The van der Waals surface area contributed by atoms with Gasteiger partial charge in [0.25, 0.3) is 0 Å². The molecule has 2 N–H and O–H groups in total. The molecular formula is C29H35N3O. The monoisotopic (exact) mass is 441 g/mol. The molecule has 4 heteroatoms. The summed E-state index contributed by atoms with van der Waals surface area (Å²) in [5.41, 5.74) is 6.77. The Bertz CT molecular complexity index is 1180. The van der Waals surface area contributed by atoms with Crippen LogP contribution >= 0.6 is 0 Å². The third kappa shape index (κ3) is 4.37. The fourth-order valence-electron chi connectivity index (χ4n) is 5.75. The molecule has 2 heterocycles. The highest BCUT2D eigenvalue weighted by Crippen LogP contribution is 2.45. The number of piperidine rings is 1. The fourth-order valence-corrected chi connectivity index (χ4v) is 5.75. The molecule has 5 rings (SSSR count). The van der Waals surface area contributed by atoms with Gasteiger partial charge in [0, 0.05) is 48.2 Å². The molecule has 172 valence electrons. The maximum atomic E-state index is 12.4. The number of benzene rings is 2. The van der Waals surface area contributed by atoms with Crippen LogP contribution in [0, 0.1) is 5.92 Å². The van der Waals surface area contributed by atoms with Crippen molar-refractivity contribution in [2.24, 2.45) is 5.92 Å². The van der Waals surface area contributed by atoms with Crippen LogP contribution in [0.1, 0.15) is 55.4 Å². The van der Waals surface area contributed by atoms with Gasteiger partial charge in [0.1, 0.15) is 0 Å². The number of rotatable bonds is 4. The van der Waals surface area contributed by atoms with Gasteiger partial charge in [-0.2, -0.15) is 0 Å². The first kappa shape index (κ1) is 22.0. The van der Waals surface area contributed by atoms with E-state index in [9.17, 15) is 4.79 Å². The Balaban J connectivity index is 1.34. The van der Waals surface area contributed by atoms with E-state index in [1.54, 1.807) is 6.08 Å². The number of hydrogen-bond donors (Lipinski definition) is 2. The van der Waals surface area contributed by atoms with Crippen molar-refractivity contribution >= 4 is 22.9 Å². The minimum Gasteiger partial charge on any atom is -0.361 e. The SMILES string of the molecule is CN1C[C@H](CNC(=O)C=Cc2ccccc2)CC2c3cc(C(C)(C)C)cc4[nH]cc(c34)C[C@H]21. The van der Waals surface area contributed by atoms with E-state index in [0.29, 0.717) is 24.4 Å². The van der Waals surface area contributed by atoms with Gasteiger partial charge in [-0.05, 0) is 65.6 Å². The van der Waals surface area contributed by atoms with E-state index in [2.05, 4.69) is 61.3 Å². The summed E-state index contributed by atoms with van der Waals surface area (Å²) in [6.07, 6.45) is 7.96. The van der Waals surface area contributed by atoms with Gasteiger partial charge < -0.3 is 15.2 Å². The molecule has 2 aliphatic rings. The summed E-state index contributed by atoms with van der Waals surface area (Å²) < 4.78 is 0. The minimum atomic E-state index is -0.0164. The van der Waals surface area contributed by atoms with E-state index in [1.165, 1.54) is 27.6 Å². The van der Waals surface area contributed by atoms with Gasteiger partial charge in [-0.15, -0.1) is 0 Å². The molecule has 3 atom stereocenters. The van der Waals surface area contributed by atoms with Gasteiger partial charge in [0.15, 0.2) is 0 Å². The highest BCUT2D eigenvalue weighted by atomic mass is 16.1. The van der Waals surface area contributed by atoms with Crippen molar-refractivity contribution in [3.63, 3.8) is 0 Å². The fraction of sp³-hybridized carbons (Fsp3) is 0.414. The van der Waals surface area contributed by atoms with Crippen molar-refractivity contribution in [1.29, 1.82) is 0 Å². The molecule has 2 aromatic carbocycles. The van der Waals surface area contributed by atoms with Gasteiger partial charge in [0.05, 0.1) is 0 Å². The topological polar surface area (TPSA) is 48.1 Å². The number of carbonyl (C=O) groups excluding carboxylic acids is 1. The van der Waals surface area contributed by atoms with E-state index in [-0.39, 0.29) is 11.3 Å². The first-order chi connectivity index (χ1) is 15.8. The lowest BCUT2D eigenvalue weighted by molar-refractivity contribution is -0.116. The molecule has 1 fully saturated rings. The number of aromatic amines is 1. The Kier molecular flexibility index (Phi) is 5.65. The second kappa shape index (κ2) is 8.49. The van der Waals surface area contributed by atoms with Crippen LogP contribution in [-0.4, -0.2) is 42.0 Å². The molecule has 1 amide bonds. The molecule has 33 heavy (non-hydrogen) atoms. The maximum Gasteiger partial charge on any atom is 0.244 e. The van der Waals surface area contributed by atoms with E-state index in [0.717, 1.165) is 24.9 Å². The van der Waals surface area contributed by atoms with Gasteiger partial charge in [0.2, 0.25) is 5.91 Å². The van der Waals surface area contributed by atoms with Crippen LogP contribution in [0.3, 0.4) is 0 Å². The number of aromatic nitrogens is 1. The molecule has 0 saturated carbocycles. The van der Waals surface area contributed by atoms with Crippen LogP contribution in [0.2, 0.25) is 0 Å². The lowest BCUT2D eigenvalue weighted by Crippen LogP contribution is -2.50. The number of nitrogens with one attached hydrogen (secondary N) is 2. The smallest absolute Gasteiger partial charge is 0.244 e. The molecular weight excluding hydrogens is 406 g/mol. The summed E-state index contributed by atoms with van der Waals surface area (Å²) in [5, 5.41) is 4.59. The molecule has 0 radical (unpaired) electrons. The van der Waals surface area contributed by atoms with Crippen LogP contribution in [-0.2, 0) is 16.6 Å². The Morgan fingerprint density at radius 3 is 2.76 bits per heavy atom. The molecule has 1 saturated heterocycles. The summed E-state index contributed by atoms with van der Waals surface area (Å²) in [7, 11) is 2.25. The number of fused-ring (bicyclic) bond motifs is 2. The average molecular weight is 442 g/mol.